The number of carbonyl (C=O) groups is 2. The molecule has 2 aromatic carbocycles. The third-order valence-corrected chi connectivity index (χ3v) is 7.73. The maximum atomic E-state index is 13.6. The number of carboxylic acids is 1. The Hall–Kier alpha value is -3.17. The molecule has 0 atom stereocenters. The Morgan fingerprint density at radius 2 is 1.86 bits per heavy atom. The molecule has 1 aliphatic heterocycles. The van der Waals surface area contributed by atoms with Gasteiger partial charge in [0, 0.05) is 16.2 Å². The predicted molar refractivity (Wildman–Crippen MR) is 124 cm³/mol. The van der Waals surface area contributed by atoms with Gasteiger partial charge < -0.3 is 15.2 Å². The Bertz CT molecular complexity index is 1290. The second-order valence-electron chi connectivity index (χ2n) is 8.90. The summed E-state index contributed by atoms with van der Waals surface area (Å²) in [5, 5.41) is 12.3. The number of halogens is 3. The summed E-state index contributed by atoms with van der Waals surface area (Å²) in [6, 6.07) is 11.7. The Labute approximate surface area is 203 Å². The van der Waals surface area contributed by atoms with Crippen molar-refractivity contribution in [3.05, 3.63) is 91.7 Å². The van der Waals surface area contributed by atoms with E-state index < -0.39 is 23.2 Å². The maximum Gasteiger partial charge on any atom is 0.416 e. The Morgan fingerprint density at radius 3 is 2.51 bits per heavy atom. The first kappa shape index (κ1) is 23.6. The van der Waals surface area contributed by atoms with Crippen molar-refractivity contribution >= 4 is 23.2 Å². The lowest BCUT2D eigenvalue weighted by Crippen LogP contribution is -2.36. The van der Waals surface area contributed by atoms with Gasteiger partial charge >= 0.3 is 12.1 Å². The van der Waals surface area contributed by atoms with Crippen molar-refractivity contribution < 1.29 is 32.6 Å². The topological polar surface area (TPSA) is 75.6 Å². The van der Waals surface area contributed by atoms with Crippen molar-refractivity contribution in [2.24, 2.45) is 0 Å². The summed E-state index contributed by atoms with van der Waals surface area (Å²) in [5.74, 6) is -1.28. The molecule has 3 aromatic rings. The van der Waals surface area contributed by atoms with E-state index in [0.717, 1.165) is 41.0 Å². The maximum absolute atomic E-state index is 13.6. The zero-order valence-corrected chi connectivity index (χ0v) is 19.4. The molecule has 0 saturated heterocycles. The van der Waals surface area contributed by atoms with E-state index in [2.05, 4.69) is 5.32 Å². The number of hydrogen-bond donors (Lipinski definition) is 2. The van der Waals surface area contributed by atoms with Gasteiger partial charge in [0.05, 0.1) is 35.4 Å². The van der Waals surface area contributed by atoms with Crippen LogP contribution in [-0.2, 0) is 35.9 Å². The Kier molecular flexibility index (Phi) is 5.93. The summed E-state index contributed by atoms with van der Waals surface area (Å²) in [7, 11) is 0. The van der Waals surface area contributed by atoms with E-state index in [9.17, 15) is 22.8 Å². The second-order valence-corrected chi connectivity index (χ2v) is 10.1. The van der Waals surface area contributed by atoms with Crippen molar-refractivity contribution in [2.45, 2.75) is 44.0 Å². The fourth-order valence-corrected chi connectivity index (χ4v) is 5.87. The van der Waals surface area contributed by atoms with Crippen LogP contribution in [0.2, 0.25) is 0 Å². The zero-order valence-electron chi connectivity index (χ0n) is 18.6. The van der Waals surface area contributed by atoms with Crippen LogP contribution in [0.4, 0.5) is 13.2 Å². The molecule has 0 spiro atoms. The van der Waals surface area contributed by atoms with Gasteiger partial charge in [0.25, 0.3) is 5.91 Å². The molecule has 1 aromatic heterocycles. The minimum Gasteiger partial charge on any atom is -0.478 e. The molecule has 182 valence electrons. The number of alkyl halides is 3. The number of aromatic carboxylic acids is 1. The smallest absolute Gasteiger partial charge is 0.416 e. The number of thiophene rings is 1. The first-order valence-electron chi connectivity index (χ1n) is 11.2. The van der Waals surface area contributed by atoms with Crippen LogP contribution in [0.5, 0.6) is 0 Å². The number of nitrogens with one attached hydrogen (secondary N) is 1. The summed E-state index contributed by atoms with van der Waals surface area (Å²) >= 11 is 1.41. The number of ether oxygens (including phenoxy) is 1. The molecule has 2 heterocycles. The number of hydrogen-bond acceptors (Lipinski definition) is 4. The van der Waals surface area contributed by atoms with E-state index in [-0.39, 0.29) is 17.9 Å². The standard InChI is InChI=1S/C26H22F3NO4S/c27-26(28,29)18-3-1-2-15(12-18)13-20-22(19-8-11-34-14-21(19)35-20)23(31)30-25(9-10-25)17-6-4-16(5-7-17)24(32)33/h1-7,12H,8-11,13-14H2,(H,30,31)(H,32,33). The third kappa shape index (κ3) is 4.70. The van der Waals surface area contributed by atoms with E-state index in [1.165, 1.54) is 29.5 Å². The van der Waals surface area contributed by atoms with Gasteiger partial charge in [-0.25, -0.2) is 4.79 Å². The molecule has 5 nitrogen and oxygen atoms in total. The molecule has 35 heavy (non-hydrogen) atoms. The first-order chi connectivity index (χ1) is 16.7. The van der Waals surface area contributed by atoms with Crippen molar-refractivity contribution in [3.8, 4) is 0 Å². The number of amides is 1. The van der Waals surface area contributed by atoms with E-state index in [4.69, 9.17) is 9.84 Å². The zero-order chi connectivity index (χ0) is 24.8. The van der Waals surface area contributed by atoms with Crippen LogP contribution in [0.25, 0.3) is 0 Å². The van der Waals surface area contributed by atoms with Crippen LogP contribution >= 0.6 is 11.3 Å². The van der Waals surface area contributed by atoms with E-state index in [1.807, 2.05) is 0 Å². The number of rotatable bonds is 6. The highest BCUT2D eigenvalue weighted by atomic mass is 32.1. The van der Waals surface area contributed by atoms with Crippen molar-refractivity contribution in [1.82, 2.24) is 5.32 Å². The summed E-state index contributed by atoms with van der Waals surface area (Å²) in [4.78, 5) is 26.4. The molecule has 1 amide bonds. The molecule has 0 bridgehead atoms. The van der Waals surface area contributed by atoms with Gasteiger partial charge in [-0.15, -0.1) is 11.3 Å². The van der Waals surface area contributed by atoms with Gasteiger partial charge in [0.1, 0.15) is 0 Å². The molecule has 1 aliphatic carbocycles. The van der Waals surface area contributed by atoms with Crippen LogP contribution in [0.1, 0.15) is 65.6 Å². The highest BCUT2D eigenvalue weighted by Gasteiger charge is 2.46. The number of carbonyl (C=O) groups excluding carboxylic acids is 1. The average Bonchev–Trinajstić information content (AvgIpc) is 3.51. The molecular formula is C26H22F3NO4S. The second kappa shape index (κ2) is 8.80. The molecule has 9 heteroatoms. The molecule has 1 fully saturated rings. The molecule has 0 unspecified atom stereocenters. The summed E-state index contributed by atoms with van der Waals surface area (Å²) in [6.07, 6.45) is -2.21. The largest absolute Gasteiger partial charge is 0.478 e. The molecule has 0 radical (unpaired) electrons. The van der Waals surface area contributed by atoms with Crippen molar-refractivity contribution in [2.75, 3.05) is 6.61 Å². The van der Waals surface area contributed by atoms with Crippen LogP contribution in [0, 0.1) is 0 Å². The lowest BCUT2D eigenvalue weighted by molar-refractivity contribution is -0.137. The van der Waals surface area contributed by atoms with Gasteiger partial charge in [-0.3, -0.25) is 4.79 Å². The van der Waals surface area contributed by atoms with Crippen LogP contribution in [0.3, 0.4) is 0 Å². The van der Waals surface area contributed by atoms with Gasteiger partial charge in [-0.05, 0) is 54.2 Å². The van der Waals surface area contributed by atoms with E-state index in [0.29, 0.717) is 35.6 Å². The number of benzene rings is 2. The molecule has 1 saturated carbocycles. The predicted octanol–water partition coefficient (Wildman–Crippen LogP) is 5.55. The quantitative estimate of drug-likeness (QED) is 0.465. The van der Waals surface area contributed by atoms with Gasteiger partial charge in [-0.2, -0.15) is 13.2 Å². The van der Waals surface area contributed by atoms with Gasteiger partial charge in [0.2, 0.25) is 0 Å². The fraction of sp³-hybridized carbons (Fsp3) is 0.308. The van der Waals surface area contributed by atoms with E-state index >= 15 is 0 Å². The normalized spacial score (nSPS) is 16.4. The molecule has 2 aliphatic rings. The molecule has 5 rings (SSSR count). The van der Waals surface area contributed by atoms with Crippen LogP contribution < -0.4 is 5.32 Å². The minimum absolute atomic E-state index is 0.172. The van der Waals surface area contributed by atoms with E-state index in [1.54, 1.807) is 18.2 Å². The number of carboxylic acid groups (broad SMARTS) is 1. The first-order valence-corrected chi connectivity index (χ1v) is 12.0. The third-order valence-electron chi connectivity index (χ3n) is 6.53. The minimum atomic E-state index is -4.44. The average molecular weight is 502 g/mol. The van der Waals surface area contributed by atoms with Gasteiger partial charge in [-0.1, -0.05) is 30.3 Å². The molecular weight excluding hydrogens is 479 g/mol. The Balaban J connectivity index is 1.45. The highest BCUT2D eigenvalue weighted by molar-refractivity contribution is 7.12. The summed E-state index contributed by atoms with van der Waals surface area (Å²) in [5.41, 5.74) is 1.64. The molecule has 2 N–H and O–H groups in total. The fourth-order valence-electron chi connectivity index (χ4n) is 4.54. The lowest BCUT2D eigenvalue weighted by atomic mass is 9.98. The van der Waals surface area contributed by atoms with Crippen LogP contribution in [-0.4, -0.2) is 23.6 Å². The summed E-state index contributed by atoms with van der Waals surface area (Å²) < 4.78 is 45.2. The van der Waals surface area contributed by atoms with Crippen LogP contribution in [0.15, 0.2) is 48.5 Å². The van der Waals surface area contributed by atoms with Crippen molar-refractivity contribution in [1.29, 1.82) is 0 Å². The number of fused-ring (bicyclic) bond motifs is 1. The van der Waals surface area contributed by atoms with Crippen molar-refractivity contribution in [3.63, 3.8) is 0 Å². The summed E-state index contributed by atoms with van der Waals surface area (Å²) in [6.45, 7) is 0.861. The SMILES string of the molecule is O=C(O)c1ccc(C2(NC(=O)c3c(Cc4cccc(C(F)(F)F)c4)sc4c3CCOC4)CC2)cc1. The highest BCUT2D eigenvalue weighted by Crippen LogP contribution is 2.46. The lowest BCUT2D eigenvalue weighted by Gasteiger charge is -2.20. The van der Waals surface area contributed by atoms with Gasteiger partial charge in [0.15, 0.2) is 0 Å². The monoisotopic (exact) mass is 501 g/mol. The Morgan fingerprint density at radius 1 is 1.11 bits per heavy atom.